The molecule has 0 spiro atoms. The number of aliphatic carboxylic acids is 1. The van der Waals surface area contributed by atoms with Gasteiger partial charge in [0.2, 0.25) is 0 Å². The molecule has 1 amide bonds. The summed E-state index contributed by atoms with van der Waals surface area (Å²) in [5.41, 5.74) is -1.60. The van der Waals surface area contributed by atoms with Crippen molar-refractivity contribution in [2.45, 2.75) is 71.5 Å². The Bertz CT molecular complexity index is 384. The van der Waals surface area contributed by atoms with E-state index in [9.17, 15) is 14.7 Å². The van der Waals surface area contributed by atoms with Crippen LogP contribution in [0.3, 0.4) is 0 Å². The van der Waals surface area contributed by atoms with E-state index in [1.165, 1.54) is 0 Å². The lowest BCUT2D eigenvalue weighted by Gasteiger charge is -2.32. The highest BCUT2D eigenvalue weighted by atomic mass is 16.6. The SMILES string of the molecule is CCCC(CNC(=O)OC(C)(C)C)(CC1CCCO1)C(=O)O. The Morgan fingerprint density at radius 1 is 1.36 bits per heavy atom. The lowest BCUT2D eigenvalue weighted by molar-refractivity contribution is -0.151. The Hall–Kier alpha value is -1.30. The molecule has 1 heterocycles. The van der Waals surface area contributed by atoms with Gasteiger partial charge in [-0.05, 0) is 46.5 Å². The van der Waals surface area contributed by atoms with Gasteiger partial charge >= 0.3 is 12.1 Å². The summed E-state index contributed by atoms with van der Waals surface area (Å²) in [6.07, 6.45) is 2.88. The quantitative estimate of drug-likeness (QED) is 0.754. The van der Waals surface area contributed by atoms with Crippen LogP contribution in [0.2, 0.25) is 0 Å². The average molecular weight is 315 g/mol. The van der Waals surface area contributed by atoms with Crippen molar-refractivity contribution in [3.05, 3.63) is 0 Å². The molecule has 0 aromatic rings. The molecule has 1 fully saturated rings. The second-order valence-corrected chi connectivity index (χ2v) is 7.03. The van der Waals surface area contributed by atoms with Gasteiger partial charge in [0.1, 0.15) is 5.60 Å². The summed E-state index contributed by atoms with van der Waals surface area (Å²) in [4.78, 5) is 23.7. The molecule has 22 heavy (non-hydrogen) atoms. The Morgan fingerprint density at radius 3 is 2.50 bits per heavy atom. The maximum absolute atomic E-state index is 11.8. The largest absolute Gasteiger partial charge is 0.481 e. The van der Waals surface area contributed by atoms with Crippen LogP contribution in [-0.2, 0) is 14.3 Å². The highest BCUT2D eigenvalue weighted by Crippen LogP contribution is 2.33. The summed E-state index contributed by atoms with van der Waals surface area (Å²) >= 11 is 0. The Kier molecular flexibility index (Phi) is 6.66. The maximum atomic E-state index is 11.8. The van der Waals surface area contributed by atoms with Gasteiger partial charge in [0, 0.05) is 13.2 Å². The zero-order valence-electron chi connectivity index (χ0n) is 14.1. The van der Waals surface area contributed by atoms with Gasteiger partial charge in [-0.1, -0.05) is 13.3 Å². The minimum absolute atomic E-state index is 0.0388. The van der Waals surface area contributed by atoms with E-state index in [4.69, 9.17) is 9.47 Å². The first kappa shape index (κ1) is 18.7. The summed E-state index contributed by atoms with van der Waals surface area (Å²) in [6, 6.07) is 0. The topological polar surface area (TPSA) is 84.9 Å². The number of hydrogen-bond acceptors (Lipinski definition) is 4. The molecule has 1 aliphatic heterocycles. The third-order valence-corrected chi connectivity index (χ3v) is 3.79. The zero-order valence-corrected chi connectivity index (χ0v) is 14.1. The Morgan fingerprint density at radius 2 is 2.05 bits per heavy atom. The van der Waals surface area contributed by atoms with Crippen molar-refractivity contribution in [3.8, 4) is 0 Å². The average Bonchev–Trinajstić information content (AvgIpc) is 2.86. The van der Waals surface area contributed by atoms with Crippen LogP contribution in [0.15, 0.2) is 0 Å². The van der Waals surface area contributed by atoms with Crippen LogP contribution in [-0.4, -0.2) is 42.0 Å². The number of hydrogen-bond donors (Lipinski definition) is 2. The van der Waals surface area contributed by atoms with Crippen LogP contribution in [0.4, 0.5) is 4.79 Å². The van der Waals surface area contributed by atoms with Crippen molar-refractivity contribution < 1.29 is 24.2 Å². The molecule has 0 aromatic carbocycles. The van der Waals surface area contributed by atoms with Gasteiger partial charge < -0.3 is 19.9 Å². The first-order valence-corrected chi connectivity index (χ1v) is 8.00. The molecule has 0 aromatic heterocycles. The molecule has 1 saturated heterocycles. The van der Waals surface area contributed by atoms with E-state index < -0.39 is 23.1 Å². The van der Waals surface area contributed by atoms with E-state index in [2.05, 4.69) is 5.32 Å². The minimum Gasteiger partial charge on any atom is -0.481 e. The second kappa shape index (κ2) is 7.81. The number of carboxylic acid groups (broad SMARTS) is 1. The minimum atomic E-state index is -0.999. The second-order valence-electron chi connectivity index (χ2n) is 7.03. The predicted molar refractivity (Wildman–Crippen MR) is 82.8 cm³/mol. The third-order valence-electron chi connectivity index (χ3n) is 3.79. The molecular formula is C16H29NO5. The lowest BCUT2D eigenvalue weighted by atomic mass is 9.77. The first-order valence-electron chi connectivity index (χ1n) is 8.00. The molecule has 0 radical (unpaired) electrons. The fourth-order valence-corrected chi connectivity index (χ4v) is 2.81. The summed E-state index contributed by atoms with van der Waals surface area (Å²) in [7, 11) is 0. The van der Waals surface area contributed by atoms with Crippen LogP contribution < -0.4 is 5.32 Å². The van der Waals surface area contributed by atoms with Crippen LogP contribution in [0, 0.1) is 5.41 Å². The van der Waals surface area contributed by atoms with Gasteiger partial charge in [0.25, 0.3) is 0 Å². The molecule has 1 aliphatic rings. The highest BCUT2D eigenvalue weighted by Gasteiger charge is 2.41. The van der Waals surface area contributed by atoms with E-state index in [0.29, 0.717) is 19.4 Å². The smallest absolute Gasteiger partial charge is 0.407 e. The van der Waals surface area contributed by atoms with E-state index >= 15 is 0 Å². The molecule has 0 bridgehead atoms. The molecule has 128 valence electrons. The fourth-order valence-electron chi connectivity index (χ4n) is 2.81. The number of ether oxygens (including phenoxy) is 2. The third kappa shape index (κ3) is 5.83. The normalized spacial score (nSPS) is 21.2. The summed E-state index contributed by atoms with van der Waals surface area (Å²) < 4.78 is 10.8. The van der Waals surface area contributed by atoms with Gasteiger partial charge in [-0.3, -0.25) is 4.79 Å². The molecule has 0 saturated carbocycles. The van der Waals surface area contributed by atoms with Crippen LogP contribution in [0.25, 0.3) is 0 Å². The Balaban J connectivity index is 2.71. The van der Waals surface area contributed by atoms with Crippen molar-refractivity contribution in [1.82, 2.24) is 5.32 Å². The van der Waals surface area contributed by atoms with Crippen molar-refractivity contribution in [3.63, 3.8) is 0 Å². The number of amides is 1. The van der Waals surface area contributed by atoms with E-state index in [0.717, 1.165) is 19.3 Å². The van der Waals surface area contributed by atoms with Gasteiger partial charge in [-0.2, -0.15) is 0 Å². The van der Waals surface area contributed by atoms with E-state index in [-0.39, 0.29) is 12.6 Å². The molecule has 2 atom stereocenters. The maximum Gasteiger partial charge on any atom is 0.407 e. The number of carboxylic acids is 1. The van der Waals surface area contributed by atoms with Gasteiger partial charge in [-0.25, -0.2) is 4.79 Å². The first-order chi connectivity index (χ1) is 10.2. The highest BCUT2D eigenvalue weighted by molar-refractivity contribution is 5.76. The van der Waals surface area contributed by atoms with Gasteiger partial charge in [0.15, 0.2) is 0 Å². The summed E-state index contributed by atoms with van der Waals surface area (Å²) in [5.74, 6) is -0.888. The predicted octanol–water partition coefficient (Wildman–Crippen LogP) is 2.95. The molecule has 2 N–H and O–H groups in total. The lowest BCUT2D eigenvalue weighted by Crippen LogP contribution is -2.46. The molecular weight excluding hydrogens is 286 g/mol. The number of nitrogens with one attached hydrogen (secondary N) is 1. The number of carbonyl (C=O) groups is 2. The molecule has 1 rings (SSSR count). The van der Waals surface area contributed by atoms with Crippen molar-refractivity contribution >= 4 is 12.1 Å². The monoisotopic (exact) mass is 315 g/mol. The van der Waals surface area contributed by atoms with Crippen LogP contribution in [0.1, 0.15) is 59.8 Å². The van der Waals surface area contributed by atoms with Crippen molar-refractivity contribution in [1.29, 1.82) is 0 Å². The summed E-state index contributed by atoms with van der Waals surface area (Å²) in [6.45, 7) is 8.01. The van der Waals surface area contributed by atoms with E-state index in [1.54, 1.807) is 20.8 Å². The number of alkyl carbamates (subject to hydrolysis) is 1. The van der Waals surface area contributed by atoms with Gasteiger partial charge in [-0.15, -0.1) is 0 Å². The molecule has 6 nitrogen and oxygen atoms in total. The van der Waals surface area contributed by atoms with Crippen molar-refractivity contribution in [2.75, 3.05) is 13.2 Å². The standard InChI is InChI=1S/C16H29NO5/c1-5-8-16(13(18)19,10-12-7-6-9-21-12)11-17-14(20)22-15(2,3)4/h12H,5-11H2,1-4H3,(H,17,20)(H,18,19). The fraction of sp³-hybridized carbons (Fsp3) is 0.875. The molecule has 6 heteroatoms. The zero-order chi connectivity index (χ0) is 16.8. The van der Waals surface area contributed by atoms with E-state index in [1.807, 2.05) is 6.92 Å². The number of carbonyl (C=O) groups excluding carboxylic acids is 1. The number of rotatable bonds is 7. The molecule has 0 aliphatic carbocycles. The van der Waals surface area contributed by atoms with Gasteiger partial charge in [0.05, 0.1) is 11.5 Å². The molecule has 2 unspecified atom stereocenters. The van der Waals surface area contributed by atoms with Crippen LogP contribution >= 0.6 is 0 Å². The summed E-state index contributed by atoms with van der Waals surface area (Å²) in [5, 5.41) is 12.3. The van der Waals surface area contributed by atoms with Crippen molar-refractivity contribution in [2.24, 2.45) is 5.41 Å². The Labute approximate surface area is 132 Å². The van der Waals surface area contributed by atoms with Crippen LogP contribution in [0.5, 0.6) is 0 Å².